The molecule has 1 atom stereocenters. The van der Waals surface area contributed by atoms with E-state index in [0.29, 0.717) is 34.9 Å². The molecule has 0 spiro atoms. The monoisotopic (exact) mass is 328 g/mol. The summed E-state index contributed by atoms with van der Waals surface area (Å²) in [6.45, 7) is 0. The zero-order valence-electron chi connectivity index (χ0n) is 13.5. The molecule has 1 aromatic rings. The lowest BCUT2D eigenvalue weighted by Crippen LogP contribution is -2.51. The van der Waals surface area contributed by atoms with Crippen LogP contribution in [0.3, 0.4) is 0 Å². The Balaban J connectivity index is 1.62. The van der Waals surface area contributed by atoms with Gasteiger partial charge in [0.2, 0.25) is 0 Å². The lowest BCUT2D eigenvalue weighted by Gasteiger charge is -2.30. The van der Waals surface area contributed by atoms with Crippen molar-refractivity contribution in [3.63, 3.8) is 0 Å². The van der Waals surface area contributed by atoms with Crippen LogP contribution >= 0.6 is 0 Å². The highest BCUT2D eigenvalue weighted by molar-refractivity contribution is 5.98. The molecule has 4 rings (SSSR count). The summed E-state index contributed by atoms with van der Waals surface area (Å²) < 4.78 is 11.2. The van der Waals surface area contributed by atoms with Crippen molar-refractivity contribution >= 4 is 18.1 Å². The standard InChI is InChI=1S/C17H20N4O3/c1-23-14-8-10(9-22)2-7-13(14)24-17-20-15(11-3-4-11)19-16(21(17)18)12-5-6-12/h2,7-9,11-12,16H,3-6,18H2,1H3. The number of nitrogens with two attached hydrogens (primary N) is 1. The first-order valence-corrected chi connectivity index (χ1v) is 8.21. The number of ether oxygens (including phenoxy) is 2. The number of benzene rings is 1. The Morgan fingerprint density at radius 3 is 2.67 bits per heavy atom. The Morgan fingerprint density at radius 2 is 2.04 bits per heavy atom. The van der Waals surface area contributed by atoms with Gasteiger partial charge in [0.15, 0.2) is 11.5 Å². The van der Waals surface area contributed by atoms with Crippen LogP contribution in [0.25, 0.3) is 0 Å². The second-order valence-electron chi connectivity index (χ2n) is 6.44. The third kappa shape index (κ3) is 2.87. The molecule has 1 unspecified atom stereocenters. The average Bonchev–Trinajstić information content (AvgIpc) is 3.49. The van der Waals surface area contributed by atoms with Crippen LogP contribution < -0.4 is 15.3 Å². The number of nitrogens with zero attached hydrogens (tertiary/aromatic N) is 3. The third-order valence-corrected chi connectivity index (χ3v) is 4.49. The molecule has 0 amide bonds. The SMILES string of the molecule is COc1cc(C=O)ccc1OC1=NC(C2CC2)=NC(C2CC2)N1N. The highest BCUT2D eigenvalue weighted by Crippen LogP contribution is 2.40. The van der Waals surface area contributed by atoms with E-state index >= 15 is 0 Å². The number of carbonyl (C=O) groups is 1. The number of methoxy groups -OCH3 is 1. The van der Waals surface area contributed by atoms with Crippen LogP contribution in [0.1, 0.15) is 36.0 Å². The normalized spacial score (nSPS) is 23.4. The predicted octanol–water partition coefficient (Wildman–Crippen LogP) is 1.98. The van der Waals surface area contributed by atoms with Gasteiger partial charge >= 0.3 is 6.02 Å². The second kappa shape index (κ2) is 5.90. The molecule has 7 heteroatoms. The third-order valence-electron chi connectivity index (χ3n) is 4.49. The molecule has 2 N–H and O–H groups in total. The van der Waals surface area contributed by atoms with Gasteiger partial charge in [-0.2, -0.15) is 4.99 Å². The summed E-state index contributed by atoms with van der Waals surface area (Å²) >= 11 is 0. The van der Waals surface area contributed by atoms with E-state index in [0.717, 1.165) is 37.8 Å². The molecule has 7 nitrogen and oxygen atoms in total. The van der Waals surface area contributed by atoms with E-state index in [1.165, 1.54) is 12.1 Å². The first-order chi connectivity index (χ1) is 11.7. The van der Waals surface area contributed by atoms with Crippen molar-refractivity contribution in [2.24, 2.45) is 27.7 Å². The first-order valence-electron chi connectivity index (χ1n) is 8.21. The summed E-state index contributed by atoms with van der Waals surface area (Å²) in [5.41, 5.74) is 0.519. The smallest absolute Gasteiger partial charge is 0.316 e. The number of hydrazine groups is 1. The van der Waals surface area contributed by atoms with E-state index < -0.39 is 0 Å². The summed E-state index contributed by atoms with van der Waals surface area (Å²) in [6.07, 6.45) is 5.16. The molecule has 0 saturated heterocycles. The molecule has 0 radical (unpaired) electrons. The Morgan fingerprint density at radius 1 is 1.25 bits per heavy atom. The highest BCUT2D eigenvalue weighted by Gasteiger charge is 2.41. The maximum absolute atomic E-state index is 10.9. The molecule has 0 aromatic heterocycles. The van der Waals surface area contributed by atoms with Gasteiger partial charge < -0.3 is 9.47 Å². The summed E-state index contributed by atoms with van der Waals surface area (Å²) in [4.78, 5) is 20.2. The highest BCUT2D eigenvalue weighted by atomic mass is 16.5. The fourth-order valence-electron chi connectivity index (χ4n) is 2.78. The summed E-state index contributed by atoms with van der Waals surface area (Å²) in [5, 5.41) is 1.51. The van der Waals surface area contributed by atoms with Crippen LogP contribution in [0.15, 0.2) is 28.2 Å². The molecule has 24 heavy (non-hydrogen) atoms. The number of aldehydes is 1. The van der Waals surface area contributed by atoms with Gasteiger partial charge in [-0.15, -0.1) is 0 Å². The van der Waals surface area contributed by atoms with Crippen molar-refractivity contribution in [2.45, 2.75) is 31.8 Å². The van der Waals surface area contributed by atoms with E-state index in [4.69, 9.17) is 20.3 Å². The van der Waals surface area contributed by atoms with Crippen LogP contribution in [-0.4, -0.2) is 36.4 Å². The van der Waals surface area contributed by atoms with Gasteiger partial charge in [-0.3, -0.25) is 4.79 Å². The molecule has 2 aliphatic carbocycles. The minimum atomic E-state index is -0.103. The minimum absolute atomic E-state index is 0.103. The van der Waals surface area contributed by atoms with Crippen molar-refractivity contribution in [3.8, 4) is 11.5 Å². The quantitative estimate of drug-likeness (QED) is 0.659. The number of rotatable bonds is 5. The van der Waals surface area contributed by atoms with E-state index in [-0.39, 0.29) is 6.17 Å². The number of hydrogen-bond acceptors (Lipinski definition) is 7. The largest absolute Gasteiger partial charge is 0.493 e. The van der Waals surface area contributed by atoms with Crippen molar-refractivity contribution in [1.82, 2.24) is 5.01 Å². The van der Waals surface area contributed by atoms with Gasteiger partial charge in [-0.25, -0.2) is 15.8 Å². The van der Waals surface area contributed by atoms with Gasteiger partial charge in [-0.05, 0) is 43.9 Å². The molecule has 2 fully saturated rings. The summed E-state index contributed by atoms with van der Waals surface area (Å²) in [6, 6.07) is 5.32. The van der Waals surface area contributed by atoms with Crippen LogP contribution in [0.5, 0.6) is 11.5 Å². The Kier molecular flexibility index (Phi) is 3.72. The molecule has 1 aliphatic heterocycles. The van der Waals surface area contributed by atoms with E-state index in [1.54, 1.807) is 18.2 Å². The number of amidine groups is 2. The van der Waals surface area contributed by atoms with Gasteiger partial charge in [0.1, 0.15) is 18.3 Å². The van der Waals surface area contributed by atoms with E-state index in [9.17, 15) is 4.79 Å². The lowest BCUT2D eigenvalue weighted by atomic mass is 10.2. The number of carbonyl (C=O) groups excluding carboxylic acids is 1. The molecular formula is C17H20N4O3. The number of aliphatic imine (C=N–C) groups is 2. The van der Waals surface area contributed by atoms with Crippen molar-refractivity contribution in [2.75, 3.05) is 7.11 Å². The van der Waals surface area contributed by atoms with E-state index in [1.807, 2.05) is 0 Å². The zero-order valence-corrected chi connectivity index (χ0v) is 13.5. The maximum atomic E-state index is 10.9. The second-order valence-corrected chi connectivity index (χ2v) is 6.44. The van der Waals surface area contributed by atoms with E-state index in [2.05, 4.69) is 4.99 Å². The maximum Gasteiger partial charge on any atom is 0.316 e. The van der Waals surface area contributed by atoms with Gasteiger partial charge in [0.25, 0.3) is 0 Å². The van der Waals surface area contributed by atoms with Crippen LogP contribution in [0.2, 0.25) is 0 Å². The topological polar surface area (TPSA) is 89.5 Å². The van der Waals surface area contributed by atoms with Crippen LogP contribution in [-0.2, 0) is 0 Å². The van der Waals surface area contributed by atoms with Crippen molar-refractivity contribution < 1.29 is 14.3 Å². The molecule has 3 aliphatic rings. The molecule has 126 valence electrons. The summed E-state index contributed by atoms with van der Waals surface area (Å²) in [7, 11) is 1.53. The van der Waals surface area contributed by atoms with Crippen molar-refractivity contribution in [1.29, 1.82) is 0 Å². The molecule has 2 saturated carbocycles. The molecule has 1 heterocycles. The first kappa shape index (κ1) is 15.1. The van der Waals surface area contributed by atoms with Gasteiger partial charge in [0.05, 0.1) is 7.11 Å². The fourth-order valence-corrected chi connectivity index (χ4v) is 2.78. The fraction of sp³-hybridized carbons (Fsp3) is 0.471. The zero-order chi connectivity index (χ0) is 16.7. The Labute approximate surface area is 140 Å². The predicted molar refractivity (Wildman–Crippen MR) is 89.1 cm³/mol. The van der Waals surface area contributed by atoms with Crippen LogP contribution in [0, 0.1) is 11.8 Å². The molecule has 0 bridgehead atoms. The van der Waals surface area contributed by atoms with Gasteiger partial charge in [0, 0.05) is 17.4 Å². The molecule has 1 aromatic carbocycles. The van der Waals surface area contributed by atoms with Gasteiger partial charge in [-0.1, -0.05) is 0 Å². The molecular weight excluding hydrogens is 308 g/mol. The van der Waals surface area contributed by atoms with Crippen LogP contribution in [0.4, 0.5) is 0 Å². The Bertz CT molecular complexity index is 723. The average molecular weight is 328 g/mol. The Hall–Kier alpha value is -2.41. The number of hydrogen-bond donors (Lipinski definition) is 1. The van der Waals surface area contributed by atoms with Crippen molar-refractivity contribution in [3.05, 3.63) is 23.8 Å². The summed E-state index contributed by atoms with van der Waals surface area (Å²) in [5.74, 6) is 8.90. The minimum Gasteiger partial charge on any atom is -0.493 e. The lowest BCUT2D eigenvalue weighted by molar-refractivity contribution is 0.112.